The number of ketones is 1. The van der Waals surface area contributed by atoms with Crippen molar-refractivity contribution in [1.29, 1.82) is 0 Å². The summed E-state index contributed by atoms with van der Waals surface area (Å²) in [6.07, 6.45) is 2.16. The van der Waals surface area contributed by atoms with Crippen molar-refractivity contribution in [2.75, 3.05) is 5.32 Å². The lowest BCUT2D eigenvalue weighted by Crippen LogP contribution is -2.09. The van der Waals surface area contributed by atoms with Crippen molar-refractivity contribution in [2.45, 2.75) is 26.2 Å². The van der Waals surface area contributed by atoms with Crippen LogP contribution in [0.25, 0.3) is 0 Å². The molecule has 3 aromatic rings. The van der Waals surface area contributed by atoms with Crippen LogP contribution in [0.15, 0.2) is 77.8 Å². The number of carbonyl (C=O) groups excluding carboxylic acids is 2. The molecule has 0 aromatic heterocycles. The number of rotatable bonds is 5. The molecule has 4 heteroatoms. The van der Waals surface area contributed by atoms with Crippen LogP contribution in [0.5, 0.6) is 0 Å². The second kappa shape index (κ2) is 8.23. The fourth-order valence-electron chi connectivity index (χ4n) is 3.56. The molecule has 0 saturated heterocycles. The number of carbonyl (C=O) groups is 2. The van der Waals surface area contributed by atoms with E-state index >= 15 is 0 Å². The number of nitrogens with zero attached hydrogens (tertiary/aromatic N) is 1. The molecule has 0 atom stereocenters. The molecule has 4 rings (SSSR count). The monoisotopic (exact) mass is 382 g/mol. The van der Waals surface area contributed by atoms with Crippen molar-refractivity contribution in [3.8, 4) is 0 Å². The first-order valence-electron chi connectivity index (χ1n) is 9.74. The van der Waals surface area contributed by atoms with Gasteiger partial charge in [-0.15, -0.1) is 0 Å². The van der Waals surface area contributed by atoms with Gasteiger partial charge in [0.1, 0.15) is 0 Å². The number of hydrogen-bond donors (Lipinski definition) is 1. The van der Waals surface area contributed by atoms with Crippen LogP contribution >= 0.6 is 0 Å². The number of Topliss-reactive ketones (excluding diaryl/α,β-unsaturated/α-hetero) is 1. The SMILES string of the molecule is CC(=O)Nc1ccc(C2=Nc3cc(CC(=O)c4ccccc4)ccc3CC2)cc1. The number of hydrogen-bond acceptors (Lipinski definition) is 3. The van der Waals surface area contributed by atoms with Gasteiger partial charge in [-0.25, -0.2) is 0 Å². The molecule has 0 unspecified atom stereocenters. The van der Waals surface area contributed by atoms with Gasteiger partial charge in [0.15, 0.2) is 5.78 Å². The minimum absolute atomic E-state index is 0.0840. The topological polar surface area (TPSA) is 58.5 Å². The lowest BCUT2D eigenvalue weighted by molar-refractivity contribution is -0.114. The van der Waals surface area contributed by atoms with E-state index in [1.54, 1.807) is 0 Å². The highest BCUT2D eigenvalue weighted by Crippen LogP contribution is 2.29. The molecule has 1 aliphatic rings. The lowest BCUT2D eigenvalue weighted by atomic mass is 9.94. The molecular formula is C25H22N2O2. The van der Waals surface area contributed by atoms with E-state index in [2.05, 4.69) is 11.4 Å². The molecule has 0 spiro atoms. The Bertz CT molecular complexity index is 1080. The third-order valence-corrected chi connectivity index (χ3v) is 5.04. The average Bonchev–Trinajstić information content (AvgIpc) is 2.74. The number of aryl methyl sites for hydroxylation is 1. The molecule has 1 N–H and O–H groups in total. The summed E-state index contributed by atoms with van der Waals surface area (Å²) in [6.45, 7) is 1.50. The van der Waals surface area contributed by atoms with Crippen LogP contribution in [0, 0.1) is 0 Å². The Labute approximate surface area is 170 Å². The highest BCUT2D eigenvalue weighted by Gasteiger charge is 2.15. The average molecular weight is 382 g/mol. The Morgan fingerprint density at radius 1 is 0.931 bits per heavy atom. The van der Waals surface area contributed by atoms with Crippen LogP contribution in [0.1, 0.15) is 40.4 Å². The molecule has 0 fully saturated rings. The van der Waals surface area contributed by atoms with E-state index in [1.807, 2.05) is 66.7 Å². The number of nitrogens with one attached hydrogen (secondary N) is 1. The van der Waals surface area contributed by atoms with Gasteiger partial charge in [0.05, 0.1) is 5.69 Å². The lowest BCUT2D eigenvalue weighted by Gasteiger charge is -2.17. The van der Waals surface area contributed by atoms with Gasteiger partial charge in [-0.1, -0.05) is 54.6 Å². The Morgan fingerprint density at radius 3 is 2.41 bits per heavy atom. The first-order valence-corrected chi connectivity index (χ1v) is 9.74. The molecule has 0 bridgehead atoms. The number of aliphatic imine (C=N–C) groups is 1. The van der Waals surface area contributed by atoms with E-state index < -0.39 is 0 Å². The van der Waals surface area contributed by atoms with E-state index in [4.69, 9.17) is 4.99 Å². The highest BCUT2D eigenvalue weighted by atomic mass is 16.1. The zero-order valence-electron chi connectivity index (χ0n) is 16.3. The van der Waals surface area contributed by atoms with Crippen molar-refractivity contribution in [2.24, 2.45) is 4.99 Å². The Kier molecular flexibility index (Phi) is 5.34. The van der Waals surface area contributed by atoms with E-state index in [0.717, 1.165) is 46.6 Å². The zero-order chi connectivity index (χ0) is 20.2. The van der Waals surface area contributed by atoms with Crippen LogP contribution in [0.2, 0.25) is 0 Å². The van der Waals surface area contributed by atoms with Gasteiger partial charge < -0.3 is 5.32 Å². The van der Waals surface area contributed by atoms with Crippen molar-refractivity contribution >= 4 is 28.8 Å². The van der Waals surface area contributed by atoms with Crippen molar-refractivity contribution < 1.29 is 9.59 Å². The van der Waals surface area contributed by atoms with Gasteiger partial charge in [-0.05, 0) is 47.7 Å². The fourth-order valence-corrected chi connectivity index (χ4v) is 3.56. The molecule has 1 heterocycles. The standard InChI is InChI=1S/C25H22N2O2/c1-17(28)26-22-12-9-19(10-13-22)23-14-11-20-8-7-18(15-24(20)27-23)16-25(29)21-5-3-2-4-6-21/h2-10,12-13,15H,11,14,16H2,1H3,(H,26,28). The molecule has 3 aromatic carbocycles. The molecule has 1 amide bonds. The Hall–Kier alpha value is -3.53. The van der Waals surface area contributed by atoms with Gasteiger partial charge >= 0.3 is 0 Å². The molecule has 4 nitrogen and oxygen atoms in total. The van der Waals surface area contributed by atoms with Gasteiger partial charge in [0.2, 0.25) is 5.91 Å². The summed E-state index contributed by atoms with van der Waals surface area (Å²) < 4.78 is 0. The second-order valence-corrected chi connectivity index (χ2v) is 7.25. The van der Waals surface area contributed by atoms with Gasteiger partial charge in [0.25, 0.3) is 0 Å². The molecule has 144 valence electrons. The van der Waals surface area contributed by atoms with Crippen LogP contribution in [-0.4, -0.2) is 17.4 Å². The summed E-state index contributed by atoms with van der Waals surface area (Å²) in [5.74, 6) is 0.0263. The first kappa shape index (κ1) is 18.8. The second-order valence-electron chi connectivity index (χ2n) is 7.25. The summed E-state index contributed by atoms with van der Waals surface area (Å²) in [6, 6.07) is 23.3. The maximum Gasteiger partial charge on any atom is 0.221 e. The first-order chi connectivity index (χ1) is 14.1. The van der Waals surface area contributed by atoms with Gasteiger partial charge in [-0.2, -0.15) is 0 Å². The number of anilines is 1. The molecule has 0 saturated carbocycles. The summed E-state index contributed by atoms with van der Waals surface area (Å²) in [5.41, 5.74) is 6.71. The molecule has 1 aliphatic heterocycles. The van der Waals surface area contributed by atoms with Crippen molar-refractivity contribution in [3.63, 3.8) is 0 Å². The molecule has 29 heavy (non-hydrogen) atoms. The van der Waals surface area contributed by atoms with E-state index in [9.17, 15) is 9.59 Å². The maximum atomic E-state index is 12.5. The van der Waals surface area contributed by atoms with Gasteiger partial charge in [0, 0.05) is 30.3 Å². The minimum atomic E-state index is -0.0840. The highest BCUT2D eigenvalue weighted by molar-refractivity contribution is 6.04. The quantitative estimate of drug-likeness (QED) is 0.621. The van der Waals surface area contributed by atoms with Crippen LogP contribution in [0.3, 0.4) is 0 Å². The van der Waals surface area contributed by atoms with Gasteiger partial charge in [-0.3, -0.25) is 14.6 Å². The van der Waals surface area contributed by atoms with E-state index in [-0.39, 0.29) is 11.7 Å². The maximum absolute atomic E-state index is 12.5. The van der Waals surface area contributed by atoms with Crippen LogP contribution in [-0.2, 0) is 17.6 Å². The number of benzene rings is 3. The zero-order valence-corrected chi connectivity index (χ0v) is 16.3. The third-order valence-electron chi connectivity index (χ3n) is 5.04. The predicted molar refractivity (Wildman–Crippen MR) is 116 cm³/mol. The molecule has 0 aliphatic carbocycles. The normalized spacial score (nSPS) is 12.7. The minimum Gasteiger partial charge on any atom is -0.326 e. The van der Waals surface area contributed by atoms with E-state index in [1.165, 1.54) is 12.5 Å². The Balaban J connectivity index is 1.55. The largest absolute Gasteiger partial charge is 0.326 e. The van der Waals surface area contributed by atoms with E-state index in [0.29, 0.717) is 6.42 Å². The molecule has 0 radical (unpaired) electrons. The fraction of sp³-hybridized carbons (Fsp3) is 0.160. The number of amides is 1. The molecular weight excluding hydrogens is 360 g/mol. The predicted octanol–water partition coefficient (Wildman–Crippen LogP) is 5.14. The summed E-state index contributed by atoms with van der Waals surface area (Å²) in [7, 11) is 0. The summed E-state index contributed by atoms with van der Waals surface area (Å²) in [4.78, 5) is 28.6. The smallest absolute Gasteiger partial charge is 0.221 e. The third kappa shape index (κ3) is 4.49. The summed E-state index contributed by atoms with van der Waals surface area (Å²) >= 11 is 0. The Morgan fingerprint density at radius 2 is 1.69 bits per heavy atom. The van der Waals surface area contributed by atoms with Crippen molar-refractivity contribution in [3.05, 3.63) is 95.1 Å². The van der Waals surface area contributed by atoms with Crippen LogP contribution < -0.4 is 5.32 Å². The van der Waals surface area contributed by atoms with Crippen molar-refractivity contribution in [1.82, 2.24) is 0 Å². The number of fused-ring (bicyclic) bond motifs is 1. The van der Waals surface area contributed by atoms with Crippen LogP contribution in [0.4, 0.5) is 11.4 Å². The summed E-state index contributed by atoms with van der Waals surface area (Å²) in [5, 5.41) is 2.78.